The molecule has 3 N–H and O–H groups in total. The van der Waals surface area contributed by atoms with Gasteiger partial charge in [-0.1, -0.05) is 251 Å². The van der Waals surface area contributed by atoms with Gasteiger partial charge in [0, 0.05) is 12.8 Å². The predicted octanol–water partition coefficient (Wildman–Crippen LogP) is 16.5. The van der Waals surface area contributed by atoms with Crippen molar-refractivity contribution in [3.8, 4) is 0 Å². The van der Waals surface area contributed by atoms with E-state index in [0.717, 1.165) is 70.6 Å². The van der Waals surface area contributed by atoms with Gasteiger partial charge in [-0.3, -0.25) is 9.59 Å². The Labute approximate surface area is 380 Å². The van der Waals surface area contributed by atoms with Crippen LogP contribution in [0, 0.1) is 0 Å². The Morgan fingerprint density at radius 1 is 0.443 bits per heavy atom. The first kappa shape index (κ1) is 59.6. The lowest BCUT2D eigenvalue weighted by molar-refractivity contribution is -0.143. The van der Waals surface area contributed by atoms with E-state index in [-0.39, 0.29) is 18.5 Å². The maximum absolute atomic E-state index is 12.4. The molecule has 6 heteroatoms. The van der Waals surface area contributed by atoms with Crippen LogP contribution in [0.5, 0.6) is 0 Å². The number of carbonyl (C=O) groups excluding carboxylic acids is 2. The number of esters is 1. The van der Waals surface area contributed by atoms with Gasteiger partial charge >= 0.3 is 5.97 Å². The molecule has 2 unspecified atom stereocenters. The molecule has 0 fully saturated rings. The molecule has 0 heterocycles. The Morgan fingerprint density at radius 2 is 0.770 bits per heavy atom. The van der Waals surface area contributed by atoms with Gasteiger partial charge in [0.15, 0.2) is 0 Å². The molecule has 0 aromatic rings. The standard InChI is InChI=1S/C55H107NO5/c1-3-5-7-9-11-13-15-16-17-18-19-22-25-29-33-37-41-45-49-55(60)61-50-46-42-38-34-30-26-23-20-21-24-28-32-36-40-44-48-54(59)56-52(51-57)53(58)47-43-39-35-31-27-14-12-10-8-6-4-2/h23,26,52-53,57-58H,3-22,24-25,27-51H2,1-2H3,(H,56,59)/b26-23-. The number of allylic oxidation sites excluding steroid dienone is 2. The number of nitrogens with one attached hydrogen (secondary N) is 1. The van der Waals surface area contributed by atoms with Crippen LogP contribution in [0.4, 0.5) is 0 Å². The van der Waals surface area contributed by atoms with Crippen molar-refractivity contribution in [1.29, 1.82) is 0 Å². The molecule has 0 aromatic heterocycles. The Balaban J connectivity index is 3.42. The molecular formula is C55H107NO5. The highest BCUT2D eigenvalue weighted by Gasteiger charge is 2.20. The zero-order valence-corrected chi connectivity index (χ0v) is 41.2. The quantitative estimate of drug-likeness (QED) is 0.0322. The first-order valence-electron chi connectivity index (χ1n) is 27.4. The number of aliphatic hydroxyl groups excluding tert-OH is 2. The summed E-state index contributed by atoms with van der Waals surface area (Å²) in [6, 6.07) is -0.550. The minimum atomic E-state index is -0.672. The molecule has 2 atom stereocenters. The fourth-order valence-electron chi connectivity index (χ4n) is 8.58. The van der Waals surface area contributed by atoms with E-state index in [1.807, 2.05) is 0 Å². The third kappa shape index (κ3) is 47.9. The molecule has 0 rings (SSSR count). The van der Waals surface area contributed by atoms with Gasteiger partial charge in [-0.05, 0) is 51.4 Å². The van der Waals surface area contributed by atoms with Crippen molar-refractivity contribution in [2.24, 2.45) is 0 Å². The first-order chi connectivity index (χ1) is 30.0. The summed E-state index contributed by atoms with van der Waals surface area (Å²) in [5.41, 5.74) is 0. The number of aliphatic hydroxyl groups is 2. The maximum atomic E-state index is 12.4. The molecule has 0 saturated heterocycles. The summed E-state index contributed by atoms with van der Waals surface area (Å²) in [4.78, 5) is 24.5. The summed E-state index contributed by atoms with van der Waals surface area (Å²) in [6.07, 6.45) is 59.1. The van der Waals surface area contributed by atoms with Crippen LogP contribution >= 0.6 is 0 Å². The van der Waals surface area contributed by atoms with E-state index >= 15 is 0 Å². The Kier molecular flexibility index (Phi) is 50.1. The zero-order valence-electron chi connectivity index (χ0n) is 41.2. The minimum absolute atomic E-state index is 0.00555. The third-order valence-electron chi connectivity index (χ3n) is 12.8. The second-order valence-electron chi connectivity index (χ2n) is 18.9. The topological polar surface area (TPSA) is 95.9 Å². The molecule has 362 valence electrons. The summed E-state index contributed by atoms with van der Waals surface area (Å²) < 4.78 is 5.47. The van der Waals surface area contributed by atoms with Crippen molar-refractivity contribution in [1.82, 2.24) is 5.32 Å². The van der Waals surface area contributed by atoms with Crippen molar-refractivity contribution in [3.63, 3.8) is 0 Å². The lowest BCUT2D eigenvalue weighted by Gasteiger charge is -2.22. The van der Waals surface area contributed by atoms with Crippen molar-refractivity contribution in [2.75, 3.05) is 13.2 Å². The maximum Gasteiger partial charge on any atom is 0.305 e. The van der Waals surface area contributed by atoms with E-state index in [0.29, 0.717) is 25.9 Å². The average Bonchev–Trinajstić information content (AvgIpc) is 3.26. The Hall–Kier alpha value is -1.40. The normalized spacial score (nSPS) is 12.7. The van der Waals surface area contributed by atoms with E-state index in [1.165, 1.54) is 199 Å². The molecule has 0 aromatic carbocycles. The van der Waals surface area contributed by atoms with E-state index < -0.39 is 12.1 Å². The van der Waals surface area contributed by atoms with Crippen molar-refractivity contribution >= 4 is 11.9 Å². The molecular weight excluding hydrogens is 755 g/mol. The number of hydrogen-bond donors (Lipinski definition) is 3. The number of hydrogen-bond acceptors (Lipinski definition) is 5. The summed E-state index contributed by atoms with van der Waals surface area (Å²) in [5, 5.41) is 23.1. The van der Waals surface area contributed by atoms with Crippen molar-refractivity contribution in [3.05, 3.63) is 12.2 Å². The van der Waals surface area contributed by atoms with Crippen LogP contribution in [0.3, 0.4) is 0 Å². The minimum Gasteiger partial charge on any atom is -0.466 e. The molecule has 1 amide bonds. The van der Waals surface area contributed by atoms with Gasteiger partial charge < -0.3 is 20.3 Å². The van der Waals surface area contributed by atoms with Gasteiger partial charge in [0.2, 0.25) is 5.91 Å². The fourth-order valence-corrected chi connectivity index (χ4v) is 8.58. The highest BCUT2D eigenvalue weighted by atomic mass is 16.5. The van der Waals surface area contributed by atoms with Crippen LogP contribution in [0.15, 0.2) is 12.2 Å². The van der Waals surface area contributed by atoms with Crippen LogP contribution in [0.1, 0.15) is 303 Å². The lowest BCUT2D eigenvalue weighted by Crippen LogP contribution is -2.45. The summed E-state index contributed by atoms with van der Waals surface area (Å²) in [5.74, 6) is -0.0559. The third-order valence-corrected chi connectivity index (χ3v) is 12.8. The molecule has 6 nitrogen and oxygen atoms in total. The number of unbranched alkanes of at least 4 members (excludes halogenated alkanes) is 38. The summed E-state index contributed by atoms with van der Waals surface area (Å²) in [6.45, 7) is 4.92. The largest absolute Gasteiger partial charge is 0.466 e. The van der Waals surface area contributed by atoms with Crippen LogP contribution in [0.2, 0.25) is 0 Å². The van der Waals surface area contributed by atoms with E-state index in [4.69, 9.17) is 4.74 Å². The number of ether oxygens (including phenoxy) is 1. The summed E-state index contributed by atoms with van der Waals surface area (Å²) in [7, 11) is 0. The molecule has 61 heavy (non-hydrogen) atoms. The van der Waals surface area contributed by atoms with Crippen LogP contribution in [0.25, 0.3) is 0 Å². The van der Waals surface area contributed by atoms with E-state index in [9.17, 15) is 19.8 Å². The van der Waals surface area contributed by atoms with Crippen LogP contribution < -0.4 is 5.32 Å². The molecule has 0 radical (unpaired) electrons. The molecule has 0 saturated carbocycles. The molecule has 0 bridgehead atoms. The molecule has 0 aliphatic carbocycles. The average molecular weight is 862 g/mol. The van der Waals surface area contributed by atoms with Crippen LogP contribution in [-0.2, 0) is 14.3 Å². The first-order valence-corrected chi connectivity index (χ1v) is 27.4. The highest BCUT2D eigenvalue weighted by molar-refractivity contribution is 5.76. The molecule has 0 spiro atoms. The Bertz CT molecular complexity index is 909. The van der Waals surface area contributed by atoms with Crippen molar-refractivity contribution < 1.29 is 24.5 Å². The lowest BCUT2D eigenvalue weighted by atomic mass is 10.0. The monoisotopic (exact) mass is 862 g/mol. The van der Waals surface area contributed by atoms with Crippen molar-refractivity contribution in [2.45, 2.75) is 315 Å². The van der Waals surface area contributed by atoms with Gasteiger partial charge in [-0.25, -0.2) is 0 Å². The number of amides is 1. The second kappa shape index (κ2) is 51.2. The number of rotatable bonds is 51. The Morgan fingerprint density at radius 3 is 1.16 bits per heavy atom. The molecule has 0 aliphatic rings. The van der Waals surface area contributed by atoms with Gasteiger partial charge in [0.25, 0.3) is 0 Å². The predicted molar refractivity (Wildman–Crippen MR) is 264 cm³/mol. The van der Waals surface area contributed by atoms with Gasteiger partial charge in [-0.15, -0.1) is 0 Å². The van der Waals surface area contributed by atoms with Gasteiger partial charge in [0.05, 0.1) is 25.4 Å². The second-order valence-corrected chi connectivity index (χ2v) is 18.9. The number of carbonyl (C=O) groups is 2. The van der Waals surface area contributed by atoms with E-state index in [1.54, 1.807) is 0 Å². The smallest absolute Gasteiger partial charge is 0.305 e. The van der Waals surface area contributed by atoms with Gasteiger partial charge in [0.1, 0.15) is 0 Å². The highest BCUT2D eigenvalue weighted by Crippen LogP contribution is 2.17. The fraction of sp³-hybridized carbons (Fsp3) is 0.927. The summed E-state index contributed by atoms with van der Waals surface area (Å²) >= 11 is 0. The molecule has 0 aliphatic heterocycles. The van der Waals surface area contributed by atoms with Gasteiger partial charge in [-0.2, -0.15) is 0 Å². The van der Waals surface area contributed by atoms with E-state index in [2.05, 4.69) is 31.3 Å². The van der Waals surface area contributed by atoms with Crippen LogP contribution in [-0.4, -0.2) is 47.4 Å². The SMILES string of the molecule is CCCCCCCCCCCCCCCCCCCCC(=O)OCCCCCC/C=C\CCCCCCCCCC(=O)NC(CO)C(O)CCCCCCCCCCCCC. The zero-order chi connectivity index (χ0) is 44.4.